The normalized spacial score (nSPS) is 12.6. The molecule has 110 valence electrons. The Balaban J connectivity index is 0.00000220. The highest BCUT2D eigenvalue weighted by atomic mass is 16.1. The molecule has 2 rings (SSSR count). The van der Waals surface area contributed by atoms with Gasteiger partial charge < -0.3 is 15.2 Å². The van der Waals surface area contributed by atoms with E-state index in [1.165, 1.54) is 5.39 Å². The molecule has 0 saturated carbocycles. The molecular formula is C16H25N3O. The first-order chi connectivity index (χ1) is 9.71. The highest BCUT2D eigenvalue weighted by molar-refractivity contribution is 5.97. The zero-order valence-electron chi connectivity index (χ0n) is 12.4. The van der Waals surface area contributed by atoms with Gasteiger partial charge >= 0.3 is 0 Å². The molecule has 1 aromatic heterocycles. The van der Waals surface area contributed by atoms with Crippen LogP contribution < -0.4 is 10.6 Å². The summed E-state index contributed by atoms with van der Waals surface area (Å²) in [6.45, 7) is 3.20. The van der Waals surface area contributed by atoms with Crippen molar-refractivity contribution in [3.63, 3.8) is 0 Å². The molecular weight excluding hydrogens is 250 g/mol. The van der Waals surface area contributed by atoms with Crippen LogP contribution in [0, 0.1) is 0 Å². The van der Waals surface area contributed by atoms with Gasteiger partial charge in [-0.05, 0) is 50.0 Å². The van der Waals surface area contributed by atoms with Crippen LogP contribution in [0.3, 0.4) is 0 Å². The Kier molecular flexibility index (Phi) is 4.79. The number of rotatable bonds is 6. The molecule has 0 spiro atoms. The van der Waals surface area contributed by atoms with Gasteiger partial charge in [0.15, 0.2) is 0 Å². The molecule has 0 fully saturated rings. The van der Waals surface area contributed by atoms with Gasteiger partial charge in [-0.15, -0.1) is 0 Å². The maximum atomic E-state index is 11.8. The van der Waals surface area contributed by atoms with Crippen LogP contribution in [0.5, 0.6) is 0 Å². The van der Waals surface area contributed by atoms with Crippen LogP contribution in [0.4, 0.5) is 0 Å². The van der Waals surface area contributed by atoms with E-state index in [-0.39, 0.29) is 7.33 Å². The number of aromatic nitrogens is 1. The first-order valence-corrected chi connectivity index (χ1v) is 7.18. The second-order valence-electron chi connectivity index (χ2n) is 5.03. The Morgan fingerprint density at radius 1 is 1.35 bits per heavy atom. The summed E-state index contributed by atoms with van der Waals surface area (Å²) in [5.41, 5.74) is 1.84. The van der Waals surface area contributed by atoms with Crippen molar-refractivity contribution in [2.75, 3.05) is 20.6 Å². The van der Waals surface area contributed by atoms with Crippen molar-refractivity contribution in [2.24, 2.45) is 0 Å². The van der Waals surface area contributed by atoms with Gasteiger partial charge in [0.05, 0.1) is 0 Å². The molecule has 1 aromatic carbocycles. The number of nitrogens with zero attached hydrogens (tertiary/aromatic N) is 1. The van der Waals surface area contributed by atoms with Crippen molar-refractivity contribution in [3.8, 4) is 0 Å². The van der Waals surface area contributed by atoms with E-state index in [1.54, 1.807) is 7.05 Å². The number of hydrogen-bond acceptors (Lipinski definition) is 2. The van der Waals surface area contributed by atoms with Crippen molar-refractivity contribution < 1.29 is 6.22 Å². The number of fused-ring (bicyclic) bond motifs is 1. The Morgan fingerprint density at radius 3 is 2.80 bits per heavy atom. The molecule has 1 heterocycles. The van der Waals surface area contributed by atoms with E-state index in [4.69, 9.17) is 0 Å². The second-order valence-corrected chi connectivity index (χ2v) is 5.03. The van der Waals surface area contributed by atoms with Gasteiger partial charge in [-0.3, -0.25) is 4.79 Å². The lowest BCUT2D eigenvalue weighted by molar-refractivity contribution is 0.0963. The predicted molar refractivity (Wildman–Crippen MR) is 85.3 cm³/mol. The Bertz CT molecular complexity index is 594. The van der Waals surface area contributed by atoms with E-state index in [2.05, 4.69) is 34.4 Å². The fourth-order valence-corrected chi connectivity index (χ4v) is 2.60. The smallest absolute Gasteiger partial charge is 0.251 e. The third kappa shape index (κ3) is 2.85. The topological polar surface area (TPSA) is 46.1 Å². The van der Waals surface area contributed by atoms with Crippen LogP contribution in [0.15, 0.2) is 30.5 Å². The minimum absolute atomic E-state index is 0. The molecule has 1 atom stereocenters. The third-order valence-electron chi connectivity index (χ3n) is 3.80. The van der Waals surface area contributed by atoms with Gasteiger partial charge in [-0.1, -0.05) is 13.0 Å². The second kappa shape index (κ2) is 6.57. The number of carbonyl (C=O) groups excluding carboxylic acids is 1. The SMILES string of the molecule is CCC(CCNC)n1ccc2ccc(C(=O)NC)cc21.[HH]. The van der Waals surface area contributed by atoms with E-state index >= 15 is 0 Å². The molecule has 1 unspecified atom stereocenters. The van der Waals surface area contributed by atoms with E-state index in [1.807, 2.05) is 25.2 Å². The van der Waals surface area contributed by atoms with E-state index in [0.29, 0.717) is 11.6 Å². The Labute approximate surface area is 121 Å². The van der Waals surface area contributed by atoms with Crippen LogP contribution >= 0.6 is 0 Å². The highest BCUT2D eigenvalue weighted by Crippen LogP contribution is 2.25. The van der Waals surface area contributed by atoms with Crippen molar-refractivity contribution in [1.29, 1.82) is 0 Å². The largest absolute Gasteiger partial charge is 0.355 e. The fraction of sp³-hybridized carbons (Fsp3) is 0.438. The molecule has 4 heteroatoms. The van der Waals surface area contributed by atoms with Crippen molar-refractivity contribution >= 4 is 16.8 Å². The Morgan fingerprint density at radius 2 is 2.15 bits per heavy atom. The van der Waals surface area contributed by atoms with Gasteiger partial charge in [0.2, 0.25) is 0 Å². The van der Waals surface area contributed by atoms with Gasteiger partial charge in [0.25, 0.3) is 5.91 Å². The maximum absolute atomic E-state index is 11.8. The molecule has 0 aliphatic rings. The molecule has 20 heavy (non-hydrogen) atoms. The van der Waals surface area contributed by atoms with Crippen molar-refractivity contribution in [3.05, 3.63) is 36.0 Å². The molecule has 0 aliphatic heterocycles. The molecule has 2 aromatic rings. The zero-order valence-corrected chi connectivity index (χ0v) is 12.4. The molecule has 0 bridgehead atoms. The molecule has 2 N–H and O–H groups in total. The lowest BCUT2D eigenvalue weighted by Crippen LogP contribution is -2.18. The summed E-state index contributed by atoms with van der Waals surface area (Å²) < 4.78 is 2.29. The number of nitrogens with one attached hydrogen (secondary N) is 2. The lowest BCUT2D eigenvalue weighted by atomic mass is 10.1. The van der Waals surface area contributed by atoms with Gasteiger partial charge in [-0.25, -0.2) is 0 Å². The molecule has 4 nitrogen and oxygen atoms in total. The number of amides is 1. The average Bonchev–Trinajstić information content (AvgIpc) is 2.90. The molecule has 1 amide bonds. The van der Waals surface area contributed by atoms with Crippen LogP contribution in [0.2, 0.25) is 0 Å². The minimum Gasteiger partial charge on any atom is -0.355 e. The number of carbonyl (C=O) groups is 1. The maximum Gasteiger partial charge on any atom is 0.251 e. The standard InChI is InChI=1S/C16H23N3O.H2/c1-4-14(7-9-17-2)19-10-8-12-5-6-13(11-15(12)19)16(20)18-3;/h5-6,8,10-11,14,17H,4,7,9H2,1-3H3,(H,18,20);1H. The van der Waals surface area contributed by atoms with Gasteiger partial charge in [0, 0.05) is 31.8 Å². The first-order valence-electron chi connectivity index (χ1n) is 7.18. The summed E-state index contributed by atoms with van der Waals surface area (Å²) >= 11 is 0. The predicted octanol–water partition coefficient (Wildman–Crippen LogP) is 2.81. The van der Waals surface area contributed by atoms with Crippen LogP contribution in [0.25, 0.3) is 10.9 Å². The summed E-state index contributed by atoms with van der Waals surface area (Å²) in [5, 5.41) is 7.06. The monoisotopic (exact) mass is 275 g/mol. The van der Waals surface area contributed by atoms with Crippen LogP contribution in [-0.4, -0.2) is 31.1 Å². The van der Waals surface area contributed by atoms with Crippen LogP contribution in [-0.2, 0) is 0 Å². The average molecular weight is 275 g/mol. The van der Waals surface area contributed by atoms with Gasteiger partial charge in [0.1, 0.15) is 0 Å². The van der Waals surface area contributed by atoms with E-state index in [0.717, 1.165) is 24.9 Å². The lowest BCUT2D eigenvalue weighted by Gasteiger charge is -2.18. The van der Waals surface area contributed by atoms with Gasteiger partial charge in [-0.2, -0.15) is 0 Å². The quantitative estimate of drug-likeness (QED) is 0.851. The summed E-state index contributed by atoms with van der Waals surface area (Å²) in [5.74, 6) is -0.0390. The summed E-state index contributed by atoms with van der Waals surface area (Å²) in [7, 11) is 3.64. The van der Waals surface area contributed by atoms with E-state index in [9.17, 15) is 4.79 Å². The highest BCUT2D eigenvalue weighted by Gasteiger charge is 2.12. The third-order valence-corrected chi connectivity index (χ3v) is 3.80. The van der Waals surface area contributed by atoms with Crippen LogP contribution in [0.1, 0.15) is 37.6 Å². The Hall–Kier alpha value is -1.81. The molecule has 0 aliphatic carbocycles. The summed E-state index contributed by atoms with van der Waals surface area (Å²) in [4.78, 5) is 11.8. The summed E-state index contributed by atoms with van der Waals surface area (Å²) in [6, 6.07) is 8.45. The first kappa shape index (κ1) is 14.6. The molecule has 0 saturated heterocycles. The summed E-state index contributed by atoms with van der Waals surface area (Å²) in [6.07, 6.45) is 4.29. The number of hydrogen-bond donors (Lipinski definition) is 2. The van der Waals surface area contributed by atoms with Crippen molar-refractivity contribution in [2.45, 2.75) is 25.8 Å². The molecule has 0 radical (unpaired) electrons. The fourth-order valence-electron chi connectivity index (χ4n) is 2.60. The zero-order chi connectivity index (χ0) is 14.5. The van der Waals surface area contributed by atoms with E-state index < -0.39 is 0 Å². The minimum atomic E-state index is -0.0390. The van der Waals surface area contributed by atoms with Crippen molar-refractivity contribution in [1.82, 2.24) is 15.2 Å². The number of benzene rings is 1.